The molecule has 0 saturated heterocycles. The van der Waals surface area contributed by atoms with Crippen LogP contribution in [0.4, 0.5) is 0 Å². The largest absolute Gasteiger partial charge is 0.508 e. The number of halogens is 1. The number of phenols is 1. The van der Waals surface area contributed by atoms with Gasteiger partial charge in [0.1, 0.15) is 12.1 Å². The lowest BCUT2D eigenvalue weighted by atomic mass is 10.0. The molecule has 0 unspecified atom stereocenters. The summed E-state index contributed by atoms with van der Waals surface area (Å²) in [7, 11) is 0. The third-order valence-corrected chi connectivity index (χ3v) is 4.23. The van der Waals surface area contributed by atoms with Gasteiger partial charge in [0, 0.05) is 34.1 Å². The van der Waals surface area contributed by atoms with E-state index in [1.807, 2.05) is 24.3 Å². The monoisotopic (exact) mass is 360 g/mol. The molecule has 0 bridgehead atoms. The molecule has 0 aliphatic heterocycles. The molecule has 0 aliphatic rings. The van der Waals surface area contributed by atoms with E-state index in [1.54, 1.807) is 42.7 Å². The Bertz CT molecular complexity index is 1050. The molecule has 0 saturated carbocycles. The van der Waals surface area contributed by atoms with Gasteiger partial charge in [0.2, 0.25) is 0 Å². The molecule has 4 aromatic rings. The lowest BCUT2D eigenvalue weighted by molar-refractivity contribution is 0.475. The van der Waals surface area contributed by atoms with Crippen molar-refractivity contribution in [3.8, 4) is 39.7 Å². The van der Waals surface area contributed by atoms with Crippen LogP contribution in [0.15, 0.2) is 73.3 Å². The van der Waals surface area contributed by atoms with Gasteiger partial charge in [0.15, 0.2) is 5.82 Å². The van der Waals surface area contributed by atoms with Crippen molar-refractivity contribution in [1.82, 2.24) is 19.9 Å². The lowest BCUT2D eigenvalue weighted by Crippen LogP contribution is -1.97. The molecule has 0 amide bonds. The Kier molecular flexibility index (Phi) is 4.29. The molecule has 26 heavy (non-hydrogen) atoms. The van der Waals surface area contributed by atoms with Crippen LogP contribution in [0.25, 0.3) is 33.9 Å². The Hall–Kier alpha value is -3.31. The quantitative estimate of drug-likeness (QED) is 0.576. The van der Waals surface area contributed by atoms with Crippen molar-refractivity contribution in [3.63, 3.8) is 0 Å². The van der Waals surface area contributed by atoms with E-state index in [9.17, 15) is 5.11 Å². The highest BCUT2D eigenvalue weighted by Crippen LogP contribution is 2.34. The van der Waals surface area contributed by atoms with E-state index in [0.29, 0.717) is 22.2 Å². The maximum atomic E-state index is 9.49. The van der Waals surface area contributed by atoms with Gasteiger partial charge in [-0.3, -0.25) is 0 Å². The number of hydrogen-bond acceptors (Lipinski definition) is 5. The van der Waals surface area contributed by atoms with E-state index in [4.69, 9.17) is 16.6 Å². The SMILES string of the molecule is Oc1ccc(-c2ncc(-c3ccncn3)c(-c3ccccc3Cl)n2)cc1. The second-order valence-electron chi connectivity index (χ2n) is 5.58. The summed E-state index contributed by atoms with van der Waals surface area (Å²) >= 11 is 6.41. The highest BCUT2D eigenvalue weighted by Gasteiger charge is 2.15. The summed E-state index contributed by atoms with van der Waals surface area (Å²) in [6.45, 7) is 0. The van der Waals surface area contributed by atoms with Crippen molar-refractivity contribution in [2.45, 2.75) is 0 Å². The van der Waals surface area contributed by atoms with Crippen LogP contribution < -0.4 is 0 Å². The molecule has 0 aliphatic carbocycles. The number of aromatic nitrogens is 4. The standard InChI is InChI=1S/C20H13ClN4O/c21-17-4-2-1-3-15(17)19-16(18-9-10-22-12-24-18)11-23-20(25-19)13-5-7-14(26)8-6-13/h1-12,26H. The second-order valence-corrected chi connectivity index (χ2v) is 5.98. The highest BCUT2D eigenvalue weighted by atomic mass is 35.5. The molecule has 4 rings (SSSR count). The molecular formula is C20H13ClN4O. The average Bonchev–Trinajstić information content (AvgIpc) is 2.69. The summed E-state index contributed by atoms with van der Waals surface area (Å²) in [6.07, 6.45) is 4.89. The Morgan fingerprint density at radius 3 is 2.38 bits per heavy atom. The van der Waals surface area contributed by atoms with E-state index in [1.165, 1.54) is 6.33 Å². The minimum Gasteiger partial charge on any atom is -0.508 e. The molecule has 2 aromatic carbocycles. The molecule has 5 nitrogen and oxygen atoms in total. The van der Waals surface area contributed by atoms with Gasteiger partial charge in [-0.1, -0.05) is 29.8 Å². The summed E-state index contributed by atoms with van der Waals surface area (Å²) < 4.78 is 0. The topological polar surface area (TPSA) is 71.8 Å². The predicted molar refractivity (Wildman–Crippen MR) is 101 cm³/mol. The number of aromatic hydroxyl groups is 1. The molecule has 0 atom stereocenters. The summed E-state index contributed by atoms with van der Waals surface area (Å²) in [5, 5.41) is 10.1. The Labute approximate surface area is 155 Å². The first-order chi connectivity index (χ1) is 12.7. The van der Waals surface area contributed by atoms with Crippen LogP contribution in [0, 0.1) is 0 Å². The van der Waals surface area contributed by atoms with Gasteiger partial charge in [-0.15, -0.1) is 0 Å². The van der Waals surface area contributed by atoms with Crippen molar-refractivity contribution in [3.05, 3.63) is 78.3 Å². The summed E-state index contributed by atoms with van der Waals surface area (Å²) in [6, 6.07) is 16.1. The molecule has 2 aromatic heterocycles. The van der Waals surface area contributed by atoms with Crippen LogP contribution in [0.1, 0.15) is 0 Å². The maximum Gasteiger partial charge on any atom is 0.159 e. The van der Waals surface area contributed by atoms with Crippen LogP contribution in [0.2, 0.25) is 5.02 Å². The number of hydrogen-bond donors (Lipinski definition) is 1. The molecule has 2 heterocycles. The molecule has 6 heteroatoms. The average molecular weight is 361 g/mol. The first kappa shape index (κ1) is 16.2. The van der Waals surface area contributed by atoms with Crippen molar-refractivity contribution in [1.29, 1.82) is 0 Å². The van der Waals surface area contributed by atoms with Crippen LogP contribution in [-0.2, 0) is 0 Å². The summed E-state index contributed by atoms with van der Waals surface area (Å²) in [5.41, 5.74) is 3.76. The van der Waals surface area contributed by atoms with Gasteiger partial charge >= 0.3 is 0 Å². The molecule has 126 valence electrons. The zero-order chi connectivity index (χ0) is 17.9. The van der Waals surface area contributed by atoms with E-state index in [-0.39, 0.29) is 5.75 Å². The second kappa shape index (κ2) is 6.90. The van der Waals surface area contributed by atoms with Gasteiger partial charge in [-0.05, 0) is 36.4 Å². The fraction of sp³-hybridized carbons (Fsp3) is 0. The van der Waals surface area contributed by atoms with Crippen LogP contribution in [0.5, 0.6) is 5.75 Å². The van der Waals surface area contributed by atoms with E-state index in [2.05, 4.69) is 15.0 Å². The van der Waals surface area contributed by atoms with Gasteiger partial charge < -0.3 is 5.11 Å². The lowest BCUT2D eigenvalue weighted by Gasteiger charge is -2.11. The molecule has 0 spiro atoms. The zero-order valence-electron chi connectivity index (χ0n) is 13.5. The molecular weight excluding hydrogens is 348 g/mol. The van der Waals surface area contributed by atoms with Gasteiger partial charge in [-0.25, -0.2) is 19.9 Å². The Morgan fingerprint density at radius 2 is 1.65 bits per heavy atom. The smallest absolute Gasteiger partial charge is 0.159 e. The number of rotatable bonds is 3. The Morgan fingerprint density at radius 1 is 0.846 bits per heavy atom. The minimum absolute atomic E-state index is 0.192. The first-order valence-corrected chi connectivity index (χ1v) is 8.28. The summed E-state index contributed by atoms with van der Waals surface area (Å²) in [4.78, 5) is 17.5. The van der Waals surface area contributed by atoms with E-state index < -0.39 is 0 Å². The minimum atomic E-state index is 0.192. The van der Waals surface area contributed by atoms with Crippen molar-refractivity contribution < 1.29 is 5.11 Å². The summed E-state index contributed by atoms with van der Waals surface area (Å²) in [5.74, 6) is 0.732. The van der Waals surface area contributed by atoms with Crippen molar-refractivity contribution in [2.24, 2.45) is 0 Å². The number of phenolic OH excluding ortho intramolecular Hbond substituents is 1. The van der Waals surface area contributed by atoms with Crippen LogP contribution in [-0.4, -0.2) is 25.0 Å². The fourth-order valence-electron chi connectivity index (χ4n) is 2.63. The molecule has 0 radical (unpaired) electrons. The van der Waals surface area contributed by atoms with Gasteiger partial charge in [-0.2, -0.15) is 0 Å². The first-order valence-electron chi connectivity index (χ1n) is 7.90. The third kappa shape index (κ3) is 3.12. The third-order valence-electron chi connectivity index (χ3n) is 3.90. The Balaban J connectivity index is 1.93. The van der Waals surface area contributed by atoms with Gasteiger partial charge in [0.25, 0.3) is 0 Å². The van der Waals surface area contributed by atoms with Crippen molar-refractivity contribution >= 4 is 11.6 Å². The van der Waals surface area contributed by atoms with E-state index >= 15 is 0 Å². The molecule has 1 N–H and O–H groups in total. The number of benzene rings is 2. The van der Waals surface area contributed by atoms with Gasteiger partial charge in [0.05, 0.1) is 11.4 Å². The normalized spacial score (nSPS) is 10.7. The molecule has 0 fully saturated rings. The van der Waals surface area contributed by atoms with Crippen LogP contribution in [0.3, 0.4) is 0 Å². The zero-order valence-corrected chi connectivity index (χ0v) is 14.3. The van der Waals surface area contributed by atoms with Crippen LogP contribution >= 0.6 is 11.6 Å². The van der Waals surface area contributed by atoms with Crippen molar-refractivity contribution in [2.75, 3.05) is 0 Å². The van der Waals surface area contributed by atoms with E-state index in [0.717, 1.165) is 16.7 Å². The maximum absolute atomic E-state index is 9.49. The number of nitrogens with zero attached hydrogens (tertiary/aromatic N) is 4. The predicted octanol–water partition coefficient (Wildman–Crippen LogP) is 4.63. The fourth-order valence-corrected chi connectivity index (χ4v) is 2.85. The highest BCUT2D eigenvalue weighted by molar-refractivity contribution is 6.33.